The molecule has 1 aliphatic rings. The second-order valence-corrected chi connectivity index (χ2v) is 6.38. The summed E-state index contributed by atoms with van der Waals surface area (Å²) < 4.78 is 32.4. The second kappa shape index (κ2) is 4.88. The predicted molar refractivity (Wildman–Crippen MR) is 74.7 cm³/mol. The summed E-state index contributed by atoms with van der Waals surface area (Å²) in [6, 6.07) is 10.2. The van der Waals surface area contributed by atoms with E-state index in [0.29, 0.717) is 19.0 Å². The molecule has 5 nitrogen and oxygen atoms in total. The summed E-state index contributed by atoms with van der Waals surface area (Å²) in [6.07, 6.45) is 0. The van der Waals surface area contributed by atoms with E-state index in [4.69, 9.17) is 4.74 Å². The van der Waals surface area contributed by atoms with Crippen LogP contribution in [0.4, 0.5) is 5.82 Å². The number of pyridine rings is 1. The molecule has 3 rings (SSSR count). The quantitative estimate of drug-likeness (QED) is 0.941. The monoisotopic (exact) mass is 290 g/mol. The van der Waals surface area contributed by atoms with Crippen LogP contribution in [0, 0.1) is 6.92 Å². The molecule has 0 amide bonds. The largest absolute Gasteiger partial charge is 0.372 e. The van der Waals surface area contributed by atoms with E-state index in [-0.39, 0.29) is 4.90 Å². The van der Waals surface area contributed by atoms with Crippen molar-refractivity contribution in [2.24, 2.45) is 0 Å². The molecule has 0 saturated carbocycles. The van der Waals surface area contributed by atoms with E-state index in [1.165, 1.54) is 0 Å². The number of benzene rings is 1. The van der Waals surface area contributed by atoms with Gasteiger partial charge in [0.25, 0.3) is 10.0 Å². The van der Waals surface area contributed by atoms with Crippen LogP contribution in [0.1, 0.15) is 16.8 Å². The molecule has 6 heteroatoms. The Kier molecular flexibility index (Phi) is 3.19. The molecule has 0 fully saturated rings. The number of hydrogen-bond acceptors (Lipinski definition) is 4. The average molecular weight is 290 g/mol. The fourth-order valence-corrected chi connectivity index (χ4v) is 3.16. The Bertz CT molecular complexity index is 757. The lowest BCUT2D eigenvalue weighted by Crippen LogP contribution is -2.14. The van der Waals surface area contributed by atoms with Crippen LogP contribution in [0.3, 0.4) is 0 Å². The summed E-state index contributed by atoms with van der Waals surface area (Å²) in [5, 5.41) is 0. The first-order valence-corrected chi connectivity index (χ1v) is 7.69. The third-order valence-electron chi connectivity index (χ3n) is 3.13. The number of ether oxygens (including phenoxy) is 1. The number of nitrogens with zero attached hydrogens (tertiary/aromatic N) is 1. The molecule has 1 aromatic carbocycles. The van der Waals surface area contributed by atoms with Crippen LogP contribution in [-0.4, -0.2) is 13.4 Å². The van der Waals surface area contributed by atoms with Crippen LogP contribution in [0.5, 0.6) is 0 Å². The Morgan fingerprint density at radius 2 is 1.95 bits per heavy atom. The molecule has 1 aromatic heterocycles. The maximum Gasteiger partial charge on any atom is 0.263 e. The van der Waals surface area contributed by atoms with E-state index in [1.807, 2.05) is 13.0 Å². The van der Waals surface area contributed by atoms with E-state index in [2.05, 4.69) is 9.71 Å². The first-order valence-electron chi connectivity index (χ1n) is 6.21. The molecule has 2 heterocycles. The van der Waals surface area contributed by atoms with Gasteiger partial charge in [-0.2, -0.15) is 0 Å². The maximum absolute atomic E-state index is 12.3. The van der Waals surface area contributed by atoms with Gasteiger partial charge in [-0.05, 0) is 42.3 Å². The van der Waals surface area contributed by atoms with Crippen molar-refractivity contribution in [3.63, 3.8) is 0 Å². The molecule has 0 aliphatic carbocycles. The molecule has 1 aliphatic heterocycles. The molecule has 104 valence electrons. The minimum Gasteiger partial charge on any atom is -0.372 e. The highest BCUT2D eigenvalue weighted by Gasteiger charge is 2.19. The number of nitrogens with one attached hydrogen (secondary N) is 1. The Morgan fingerprint density at radius 1 is 1.15 bits per heavy atom. The van der Waals surface area contributed by atoms with Crippen LogP contribution in [0.25, 0.3) is 0 Å². The minimum absolute atomic E-state index is 0.227. The van der Waals surface area contributed by atoms with Gasteiger partial charge in [-0.1, -0.05) is 12.1 Å². The zero-order valence-corrected chi connectivity index (χ0v) is 11.8. The summed E-state index contributed by atoms with van der Waals surface area (Å²) in [5.74, 6) is 0.321. The zero-order valence-electron chi connectivity index (χ0n) is 11.0. The van der Waals surface area contributed by atoms with E-state index in [0.717, 1.165) is 16.8 Å². The van der Waals surface area contributed by atoms with Crippen molar-refractivity contribution >= 4 is 15.8 Å². The summed E-state index contributed by atoms with van der Waals surface area (Å²) in [7, 11) is -3.62. The Labute approximate surface area is 117 Å². The Morgan fingerprint density at radius 3 is 2.75 bits per heavy atom. The molecule has 0 unspecified atom stereocenters. The summed E-state index contributed by atoms with van der Waals surface area (Å²) in [4.78, 5) is 4.37. The maximum atomic E-state index is 12.3. The molecule has 0 radical (unpaired) electrons. The topological polar surface area (TPSA) is 68.3 Å². The third kappa shape index (κ3) is 2.52. The molecule has 0 bridgehead atoms. The van der Waals surface area contributed by atoms with Gasteiger partial charge in [0, 0.05) is 5.69 Å². The van der Waals surface area contributed by atoms with Gasteiger partial charge in [0.15, 0.2) is 0 Å². The first-order chi connectivity index (χ1) is 9.54. The molecule has 2 aromatic rings. The van der Waals surface area contributed by atoms with Gasteiger partial charge in [0.2, 0.25) is 0 Å². The van der Waals surface area contributed by atoms with Crippen molar-refractivity contribution in [1.82, 2.24) is 4.98 Å². The van der Waals surface area contributed by atoms with E-state index in [1.54, 1.807) is 30.3 Å². The fraction of sp³-hybridized carbons (Fsp3) is 0.214. The predicted octanol–water partition coefficient (Wildman–Crippen LogP) is 2.22. The van der Waals surface area contributed by atoms with E-state index < -0.39 is 10.0 Å². The number of aryl methyl sites for hydroxylation is 1. The van der Waals surface area contributed by atoms with Crippen molar-refractivity contribution in [2.75, 3.05) is 4.72 Å². The first kappa shape index (κ1) is 13.1. The van der Waals surface area contributed by atoms with Crippen molar-refractivity contribution in [2.45, 2.75) is 25.0 Å². The second-order valence-electron chi connectivity index (χ2n) is 4.69. The summed E-state index contributed by atoms with van der Waals surface area (Å²) >= 11 is 0. The molecular weight excluding hydrogens is 276 g/mol. The lowest BCUT2D eigenvalue weighted by molar-refractivity contribution is 0.134. The van der Waals surface area contributed by atoms with Gasteiger partial charge in [-0.3, -0.25) is 4.72 Å². The van der Waals surface area contributed by atoms with Crippen LogP contribution in [-0.2, 0) is 28.0 Å². The Balaban J connectivity index is 1.92. The highest BCUT2D eigenvalue weighted by atomic mass is 32.2. The van der Waals surface area contributed by atoms with Crippen molar-refractivity contribution in [3.8, 4) is 0 Å². The average Bonchev–Trinajstić information content (AvgIpc) is 2.85. The molecular formula is C14H14N2O3S. The highest BCUT2D eigenvalue weighted by molar-refractivity contribution is 7.92. The number of sulfonamides is 1. The number of aromatic nitrogens is 1. The number of anilines is 1. The lowest BCUT2D eigenvalue weighted by Gasteiger charge is -2.08. The van der Waals surface area contributed by atoms with Gasteiger partial charge in [0.1, 0.15) is 5.82 Å². The van der Waals surface area contributed by atoms with Crippen LogP contribution >= 0.6 is 0 Å². The van der Waals surface area contributed by atoms with Gasteiger partial charge < -0.3 is 4.74 Å². The highest BCUT2D eigenvalue weighted by Crippen LogP contribution is 2.24. The van der Waals surface area contributed by atoms with Crippen molar-refractivity contribution < 1.29 is 13.2 Å². The molecule has 0 saturated heterocycles. The van der Waals surface area contributed by atoms with Gasteiger partial charge in [0.05, 0.1) is 18.1 Å². The summed E-state index contributed by atoms with van der Waals surface area (Å²) in [6.45, 7) is 2.81. The Hall–Kier alpha value is -1.92. The number of hydrogen-bond donors (Lipinski definition) is 1. The van der Waals surface area contributed by atoms with E-state index in [9.17, 15) is 8.42 Å². The molecule has 1 N–H and O–H groups in total. The summed E-state index contributed by atoms with van der Waals surface area (Å²) in [5.41, 5.74) is 2.72. The van der Waals surface area contributed by atoms with Crippen LogP contribution < -0.4 is 4.72 Å². The number of fused-ring (bicyclic) bond motifs is 1. The molecule has 0 spiro atoms. The van der Waals surface area contributed by atoms with Crippen LogP contribution in [0.15, 0.2) is 41.3 Å². The van der Waals surface area contributed by atoms with Crippen LogP contribution in [0.2, 0.25) is 0 Å². The standard InChI is InChI=1S/C14H14N2O3S/c1-10-3-2-4-14(15-10)16-20(17,18)13-6-5-11-8-19-9-12(11)7-13/h2-7H,8-9H2,1H3,(H,15,16). The normalized spacial score (nSPS) is 14.1. The fourth-order valence-electron chi connectivity index (χ4n) is 2.11. The van der Waals surface area contributed by atoms with Crippen molar-refractivity contribution in [3.05, 3.63) is 53.2 Å². The SMILES string of the molecule is Cc1cccc(NS(=O)(=O)c2ccc3c(c2)COC3)n1. The number of rotatable bonds is 3. The molecule has 0 atom stereocenters. The zero-order chi connectivity index (χ0) is 14.2. The van der Waals surface area contributed by atoms with Crippen molar-refractivity contribution in [1.29, 1.82) is 0 Å². The van der Waals surface area contributed by atoms with Gasteiger partial charge in [-0.25, -0.2) is 13.4 Å². The van der Waals surface area contributed by atoms with E-state index >= 15 is 0 Å². The third-order valence-corrected chi connectivity index (χ3v) is 4.48. The van der Waals surface area contributed by atoms with Gasteiger partial charge in [-0.15, -0.1) is 0 Å². The van der Waals surface area contributed by atoms with Gasteiger partial charge >= 0.3 is 0 Å². The molecule has 20 heavy (non-hydrogen) atoms. The lowest BCUT2D eigenvalue weighted by atomic mass is 10.1. The minimum atomic E-state index is -3.62. The smallest absolute Gasteiger partial charge is 0.263 e.